The zero-order valence-electron chi connectivity index (χ0n) is 21.5. The van der Waals surface area contributed by atoms with Crippen LogP contribution in [0.25, 0.3) is 0 Å². The zero-order chi connectivity index (χ0) is 23.8. The number of carbonyl (C=O) groups excluding carboxylic acids is 1. The first kappa shape index (κ1) is 26.1. The largest absolute Gasteiger partial charge is 1.00 e. The van der Waals surface area contributed by atoms with Gasteiger partial charge in [-0.3, -0.25) is 4.79 Å². The zero-order valence-corrected chi connectivity index (χ0v) is 23.0. The van der Waals surface area contributed by atoms with Crippen LogP contribution in [-0.2, 0) is 21.6 Å². The molecule has 1 saturated carbocycles. The molecule has 5 nitrogen and oxygen atoms in total. The fourth-order valence-electron chi connectivity index (χ4n) is 7.70. The molecule has 196 valence electrons. The summed E-state index contributed by atoms with van der Waals surface area (Å²) in [6, 6.07) is 11.4. The van der Waals surface area contributed by atoms with E-state index in [9.17, 15) is 4.79 Å². The topological polar surface area (TPSA) is 59.0 Å². The highest BCUT2D eigenvalue weighted by molar-refractivity contribution is 7.11. The normalized spacial score (nSPS) is 31.0. The minimum atomic E-state index is -0.123. The Labute approximate surface area is 225 Å². The van der Waals surface area contributed by atoms with E-state index in [0.29, 0.717) is 30.4 Å². The molecule has 1 aromatic carbocycles. The van der Waals surface area contributed by atoms with Crippen LogP contribution in [0.5, 0.6) is 0 Å². The van der Waals surface area contributed by atoms with Crippen molar-refractivity contribution >= 4 is 17.2 Å². The number of quaternary nitrogens is 1. The van der Waals surface area contributed by atoms with Crippen LogP contribution < -0.4 is 17.7 Å². The van der Waals surface area contributed by atoms with Gasteiger partial charge in [-0.25, -0.2) is 4.98 Å². The number of benzene rings is 1. The molecule has 2 saturated heterocycles. The van der Waals surface area contributed by atoms with Gasteiger partial charge in [-0.1, -0.05) is 49.6 Å². The Morgan fingerprint density at radius 2 is 1.97 bits per heavy atom. The smallest absolute Gasteiger partial charge is 0.232 e. The van der Waals surface area contributed by atoms with Crippen molar-refractivity contribution in [2.45, 2.75) is 82.3 Å². The quantitative estimate of drug-likeness (QED) is 0.649. The van der Waals surface area contributed by atoms with Crippen molar-refractivity contribution in [3.63, 3.8) is 0 Å². The molecule has 4 heterocycles. The number of aromatic nitrogens is 1. The van der Waals surface area contributed by atoms with Crippen LogP contribution in [0.1, 0.15) is 78.4 Å². The summed E-state index contributed by atoms with van der Waals surface area (Å²) in [5, 5.41) is 3.49. The fourth-order valence-corrected chi connectivity index (χ4v) is 8.90. The van der Waals surface area contributed by atoms with Crippen LogP contribution in [-0.4, -0.2) is 48.1 Å². The molecule has 1 unspecified atom stereocenters. The van der Waals surface area contributed by atoms with Crippen molar-refractivity contribution in [1.29, 1.82) is 0 Å². The molecular weight excluding hydrogens is 490 g/mol. The third kappa shape index (κ3) is 4.75. The second-order valence-corrected chi connectivity index (χ2v) is 12.6. The van der Waals surface area contributed by atoms with Crippen LogP contribution in [0.2, 0.25) is 0 Å². The molecule has 0 bridgehead atoms. The number of nitrogens with zero attached hydrogens (tertiary/aromatic N) is 2. The molecule has 2 aromatic rings. The number of amides is 1. The molecule has 1 spiro atoms. The number of halogens is 1. The van der Waals surface area contributed by atoms with Gasteiger partial charge >= 0.3 is 0 Å². The summed E-state index contributed by atoms with van der Waals surface area (Å²) >= 11 is 1.81. The van der Waals surface area contributed by atoms with Crippen LogP contribution in [0.4, 0.5) is 0 Å². The Bertz CT molecular complexity index is 1040. The Morgan fingerprint density at radius 1 is 1.17 bits per heavy atom. The Hall–Kier alpha value is -1.47. The maximum Gasteiger partial charge on any atom is 0.232 e. The molecule has 1 aliphatic carbocycles. The number of likely N-dealkylation sites (tertiary alicyclic amines) is 1. The summed E-state index contributed by atoms with van der Waals surface area (Å²) < 4.78 is 5.98. The highest BCUT2D eigenvalue weighted by Crippen LogP contribution is 2.46. The maximum atomic E-state index is 14.5. The molecule has 6 rings (SSSR count). The second kappa shape index (κ2) is 11.1. The van der Waals surface area contributed by atoms with Gasteiger partial charge in [-0.15, -0.1) is 11.3 Å². The van der Waals surface area contributed by atoms with Gasteiger partial charge in [0, 0.05) is 24.1 Å². The number of thiazole rings is 1. The molecule has 0 radical (unpaired) electrons. The Kier molecular flexibility index (Phi) is 8.07. The lowest BCUT2D eigenvalue weighted by atomic mass is 9.71. The lowest BCUT2D eigenvalue weighted by Crippen LogP contribution is -3.00. The molecule has 1 amide bonds. The number of piperidine rings is 1. The van der Waals surface area contributed by atoms with Gasteiger partial charge in [0.1, 0.15) is 5.92 Å². The van der Waals surface area contributed by atoms with E-state index in [0.717, 1.165) is 56.2 Å². The number of ether oxygens (including phenoxy) is 1. The second-order valence-electron chi connectivity index (χ2n) is 11.4. The molecule has 4 aliphatic rings. The third-order valence-electron chi connectivity index (χ3n) is 9.46. The summed E-state index contributed by atoms with van der Waals surface area (Å²) in [6.45, 7) is 6.19. The maximum absolute atomic E-state index is 14.5. The number of carbonyl (C=O) groups is 1. The molecule has 4 atom stereocenters. The van der Waals surface area contributed by atoms with Gasteiger partial charge in [0.2, 0.25) is 5.91 Å². The van der Waals surface area contributed by atoms with Crippen LogP contribution >= 0.6 is 11.3 Å². The number of aryl methyl sites for hydroxylation is 1. The predicted octanol–water partition coefficient (Wildman–Crippen LogP) is 1.16. The highest BCUT2D eigenvalue weighted by atomic mass is 35.5. The Morgan fingerprint density at radius 3 is 2.78 bits per heavy atom. The van der Waals surface area contributed by atoms with Gasteiger partial charge in [-0.2, -0.15) is 0 Å². The van der Waals surface area contributed by atoms with Crippen molar-refractivity contribution in [3.05, 3.63) is 51.5 Å². The summed E-state index contributed by atoms with van der Waals surface area (Å²) in [7, 11) is 0. The minimum Gasteiger partial charge on any atom is -1.00 e. The molecule has 7 heteroatoms. The summed E-state index contributed by atoms with van der Waals surface area (Å²) in [6.07, 6.45) is 9.70. The number of rotatable bonds is 3. The first-order valence-electron chi connectivity index (χ1n) is 13.9. The monoisotopic (exact) mass is 529 g/mol. The lowest BCUT2D eigenvalue weighted by Gasteiger charge is -2.46. The van der Waals surface area contributed by atoms with Gasteiger partial charge in [0.25, 0.3) is 0 Å². The molecule has 36 heavy (non-hydrogen) atoms. The van der Waals surface area contributed by atoms with E-state index in [1.165, 1.54) is 42.5 Å². The van der Waals surface area contributed by atoms with E-state index in [1.54, 1.807) is 0 Å². The number of fused-ring (bicyclic) bond motifs is 2. The van der Waals surface area contributed by atoms with E-state index >= 15 is 0 Å². The predicted molar refractivity (Wildman–Crippen MR) is 138 cm³/mol. The van der Waals surface area contributed by atoms with Gasteiger partial charge in [0.05, 0.1) is 35.8 Å². The van der Waals surface area contributed by atoms with Crippen LogP contribution in [0, 0.1) is 18.8 Å². The summed E-state index contributed by atoms with van der Waals surface area (Å²) in [4.78, 5) is 23.1. The van der Waals surface area contributed by atoms with E-state index in [2.05, 4.69) is 47.5 Å². The molecule has 3 aliphatic heterocycles. The molecule has 2 N–H and O–H groups in total. The van der Waals surface area contributed by atoms with Gasteiger partial charge < -0.3 is 27.4 Å². The van der Waals surface area contributed by atoms with E-state index in [4.69, 9.17) is 9.72 Å². The molecule has 1 aromatic heterocycles. The van der Waals surface area contributed by atoms with Crippen molar-refractivity contribution in [2.24, 2.45) is 11.8 Å². The molecular formula is C29H40ClN3O2S. The number of hydrogen-bond acceptors (Lipinski definition) is 4. The highest BCUT2D eigenvalue weighted by Gasteiger charge is 2.56. The number of hydrogen-bond donors (Lipinski definition) is 1. The van der Waals surface area contributed by atoms with Crippen molar-refractivity contribution in [1.82, 2.24) is 9.88 Å². The third-order valence-corrected chi connectivity index (χ3v) is 10.7. The minimum absolute atomic E-state index is 0. The summed E-state index contributed by atoms with van der Waals surface area (Å²) in [5.41, 5.74) is 2.42. The lowest BCUT2D eigenvalue weighted by molar-refractivity contribution is -0.640. The van der Waals surface area contributed by atoms with Crippen molar-refractivity contribution < 1.29 is 27.3 Å². The van der Waals surface area contributed by atoms with E-state index in [1.807, 2.05) is 11.3 Å². The summed E-state index contributed by atoms with van der Waals surface area (Å²) in [5.74, 6) is 1.67. The van der Waals surface area contributed by atoms with Gasteiger partial charge in [0.15, 0.2) is 0 Å². The average Bonchev–Trinajstić information content (AvgIpc) is 3.46. The van der Waals surface area contributed by atoms with Crippen molar-refractivity contribution in [2.75, 3.05) is 26.2 Å². The van der Waals surface area contributed by atoms with Gasteiger partial charge in [-0.05, 0) is 56.4 Å². The SMILES string of the molecule is Cc1nc2c(s1)[C@]1(CCOC2)C[NH2+]CC1C(=O)N1CC[C@@H](c2ccccc2)C[C@H]1C1CCCCC1.[Cl-]. The Balaban J connectivity index is 0.00000267. The van der Waals surface area contributed by atoms with E-state index < -0.39 is 0 Å². The van der Waals surface area contributed by atoms with Crippen LogP contribution in [0.3, 0.4) is 0 Å². The fraction of sp³-hybridized carbons (Fsp3) is 0.655. The first-order valence-corrected chi connectivity index (χ1v) is 14.7. The van der Waals surface area contributed by atoms with Crippen molar-refractivity contribution in [3.8, 4) is 0 Å². The van der Waals surface area contributed by atoms with Crippen LogP contribution in [0.15, 0.2) is 30.3 Å². The molecule has 3 fully saturated rings. The number of nitrogens with two attached hydrogens (primary N) is 1. The standard InChI is InChI=1S/C29H39N3O2S.ClH/c1-20-31-25-18-34-15-13-29(27(25)35-20)19-30-17-24(29)28(33)32-14-12-23(21-8-4-2-5-9-21)16-26(32)22-10-6-3-7-11-22;/h2,4-5,8-9,22-24,26,30H,3,6-7,10-19H2,1H3;1H/t23-,24?,26+,29-;/m1./s1. The first-order chi connectivity index (χ1) is 17.2. The average molecular weight is 530 g/mol. The van der Waals surface area contributed by atoms with E-state index in [-0.39, 0.29) is 23.7 Å².